The lowest BCUT2D eigenvalue weighted by atomic mass is 10.1. The van der Waals surface area contributed by atoms with Crippen LogP contribution in [-0.4, -0.2) is 37.5 Å². The number of benzene rings is 2. The SMILES string of the molecule is CO[C@@H](Cc1ccc(OCOc2ccc(NC=O)cc2)cc1)C(=O)O. The average molecular weight is 345 g/mol. The van der Waals surface area contributed by atoms with Crippen LogP contribution in [0.15, 0.2) is 48.5 Å². The summed E-state index contributed by atoms with van der Waals surface area (Å²) in [6, 6.07) is 13.9. The summed E-state index contributed by atoms with van der Waals surface area (Å²) in [7, 11) is 1.37. The molecule has 132 valence electrons. The molecule has 0 heterocycles. The van der Waals surface area contributed by atoms with Crippen molar-refractivity contribution in [2.75, 3.05) is 19.2 Å². The highest BCUT2D eigenvalue weighted by Gasteiger charge is 2.16. The molecular formula is C18H19NO6. The van der Waals surface area contributed by atoms with Crippen molar-refractivity contribution in [2.45, 2.75) is 12.5 Å². The van der Waals surface area contributed by atoms with E-state index in [-0.39, 0.29) is 13.2 Å². The molecule has 0 fully saturated rings. The van der Waals surface area contributed by atoms with Gasteiger partial charge in [0.25, 0.3) is 0 Å². The van der Waals surface area contributed by atoms with Crippen molar-refractivity contribution in [1.29, 1.82) is 0 Å². The number of carbonyl (C=O) groups excluding carboxylic acids is 1. The molecule has 0 aliphatic rings. The third-order valence-electron chi connectivity index (χ3n) is 3.44. The number of carboxylic acid groups (broad SMARTS) is 1. The largest absolute Gasteiger partial charge is 0.479 e. The standard InChI is InChI=1S/C18H19NO6/c1-23-17(18(21)22)10-13-2-6-15(7-3-13)24-12-25-16-8-4-14(5-9-16)19-11-20/h2-9,11,17H,10,12H2,1H3,(H,19,20)(H,21,22)/t17-/m0/s1. The molecule has 1 atom stereocenters. The molecule has 0 bridgehead atoms. The molecule has 7 nitrogen and oxygen atoms in total. The van der Waals surface area contributed by atoms with Crippen molar-refractivity contribution in [2.24, 2.45) is 0 Å². The monoisotopic (exact) mass is 345 g/mol. The van der Waals surface area contributed by atoms with E-state index >= 15 is 0 Å². The van der Waals surface area contributed by atoms with Gasteiger partial charge in [-0.3, -0.25) is 4.79 Å². The highest BCUT2D eigenvalue weighted by molar-refractivity contribution is 5.72. The van der Waals surface area contributed by atoms with Crippen molar-refractivity contribution in [3.05, 3.63) is 54.1 Å². The summed E-state index contributed by atoms with van der Waals surface area (Å²) < 4.78 is 15.8. The van der Waals surface area contributed by atoms with E-state index in [1.54, 1.807) is 48.5 Å². The molecule has 2 aromatic carbocycles. The van der Waals surface area contributed by atoms with E-state index in [2.05, 4.69) is 5.32 Å². The van der Waals surface area contributed by atoms with Crippen LogP contribution in [0.2, 0.25) is 0 Å². The molecule has 0 saturated carbocycles. The van der Waals surface area contributed by atoms with Crippen molar-refractivity contribution in [1.82, 2.24) is 0 Å². The maximum atomic E-state index is 10.9. The van der Waals surface area contributed by atoms with Crippen molar-refractivity contribution >= 4 is 18.1 Å². The Morgan fingerprint density at radius 3 is 2.12 bits per heavy atom. The number of hydrogen-bond donors (Lipinski definition) is 2. The van der Waals surface area contributed by atoms with Crippen LogP contribution in [0.5, 0.6) is 11.5 Å². The van der Waals surface area contributed by atoms with Gasteiger partial charge in [0, 0.05) is 19.2 Å². The molecule has 0 aliphatic heterocycles. The van der Waals surface area contributed by atoms with Gasteiger partial charge < -0.3 is 24.6 Å². The summed E-state index contributed by atoms with van der Waals surface area (Å²) in [5, 5.41) is 11.5. The first-order chi connectivity index (χ1) is 12.1. The van der Waals surface area contributed by atoms with Gasteiger partial charge in [0.15, 0.2) is 6.10 Å². The van der Waals surface area contributed by atoms with Crippen molar-refractivity contribution < 1.29 is 28.9 Å². The smallest absolute Gasteiger partial charge is 0.333 e. The summed E-state index contributed by atoms with van der Waals surface area (Å²) in [4.78, 5) is 21.3. The van der Waals surface area contributed by atoms with Crippen molar-refractivity contribution in [3.8, 4) is 11.5 Å². The van der Waals surface area contributed by atoms with E-state index in [0.717, 1.165) is 5.56 Å². The molecule has 0 aliphatic carbocycles. The van der Waals surface area contributed by atoms with Crippen LogP contribution >= 0.6 is 0 Å². The van der Waals surface area contributed by atoms with Crippen LogP contribution in [0, 0.1) is 0 Å². The Hall–Kier alpha value is -3.06. The summed E-state index contributed by atoms with van der Waals surface area (Å²) in [6.45, 7) is 0.0234. The van der Waals surface area contributed by atoms with Crippen LogP contribution in [0.3, 0.4) is 0 Å². The normalized spacial score (nSPS) is 11.4. The summed E-state index contributed by atoms with van der Waals surface area (Å²) in [6.07, 6.45) is 0.0179. The average Bonchev–Trinajstić information content (AvgIpc) is 2.62. The molecule has 0 saturated heterocycles. The minimum absolute atomic E-state index is 0.0234. The summed E-state index contributed by atoms with van der Waals surface area (Å²) >= 11 is 0. The van der Waals surface area contributed by atoms with E-state index in [9.17, 15) is 9.59 Å². The fourth-order valence-corrected chi connectivity index (χ4v) is 2.09. The number of ether oxygens (including phenoxy) is 3. The molecule has 0 spiro atoms. The van der Waals surface area contributed by atoms with E-state index < -0.39 is 12.1 Å². The van der Waals surface area contributed by atoms with Gasteiger partial charge in [-0.25, -0.2) is 4.79 Å². The molecule has 2 N–H and O–H groups in total. The van der Waals surface area contributed by atoms with Crippen LogP contribution in [0.25, 0.3) is 0 Å². The van der Waals surface area contributed by atoms with Crippen LogP contribution < -0.4 is 14.8 Å². The lowest BCUT2D eigenvalue weighted by Crippen LogP contribution is -2.24. The minimum Gasteiger partial charge on any atom is -0.479 e. The van der Waals surface area contributed by atoms with Crippen LogP contribution in [0.4, 0.5) is 5.69 Å². The van der Waals surface area contributed by atoms with Gasteiger partial charge in [-0.05, 0) is 42.0 Å². The van der Waals surface area contributed by atoms with Gasteiger partial charge in [-0.15, -0.1) is 0 Å². The summed E-state index contributed by atoms with van der Waals surface area (Å²) in [5.74, 6) is 0.218. The van der Waals surface area contributed by atoms with E-state index in [0.29, 0.717) is 23.6 Å². The fourth-order valence-electron chi connectivity index (χ4n) is 2.09. The number of amides is 1. The zero-order chi connectivity index (χ0) is 18.1. The Balaban J connectivity index is 1.81. The molecule has 1 amide bonds. The number of aliphatic carboxylic acids is 1. The van der Waals surface area contributed by atoms with E-state index in [1.165, 1.54) is 7.11 Å². The van der Waals surface area contributed by atoms with Gasteiger partial charge in [-0.2, -0.15) is 0 Å². The Morgan fingerprint density at radius 1 is 1.08 bits per heavy atom. The number of anilines is 1. The van der Waals surface area contributed by atoms with Gasteiger partial charge in [0.05, 0.1) is 0 Å². The minimum atomic E-state index is -0.995. The number of nitrogens with one attached hydrogen (secondary N) is 1. The Morgan fingerprint density at radius 2 is 1.64 bits per heavy atom. The highest BCUT2D eigenvalue weighted by atomic mass is 16.7. The third-order valence-corrected chi connectivity index (χ3v) is 3.44. The zero-order valence-corrected chi connectivity index (χ0v) is 13.7. The van der Waals surface area contributed by atoms with Crippen LogP contribution in [0.1, 0.15) is 5.56 Å². The Labute approximate surface area is 145 Å². The van der Waals surface area contributed by atoms with Gasteiger partial charge in [-0.1, -0.05) is 12.1 Å². The Kier molecular flexibility index (Phi) is 6.79. The quantitative estimate of drug-likeness (QED) is 0.507. The number of methoxy groups -OCH3 is 1. The maximum Gasteiger partial charge on any atom is 0.333 e. The fraction of sp³-hybridized carbons (Fsp3) is 0.222. The topological polar surface area (TPSA) is 94.1 Å². The van der Waals surface area contributed by atoms with E-state index in [1.807, 2.05) is 0 Å². The zero-order valence-electron chi connectivity index (χ0n) is 13.7. The first-order valence-corrected chi connectivity index (χ1v) is 7.52. The Bertz CT molecular complexity index is 684. The lowest BCUT2D eigenvalue weighted by Gasteiger charge is -2.12. The number of rotatable bonds is 10. The molecule has 7 heteroatoms. The second-order valence-electron chi connectivity index (χ2n) is 5.10. The number of carbonyl (C=O) groups is 2. The predicted octanol–water partition coefficient (Wildman–Crippen LogP) is 2.31. The highest BCUT2D eigenvalue weighted by Crippen LogP contribution is 2.17. The van der Waals surface area contributed by atoms with Crippen molar-refractivity contribution in [3.63, 3.8) is 0 Å². The predicted molar refractivity (Wildman–Crippen MR) is 90.8 cm³/mol. The lowest BCUT2D eigenvalue weighted by molar-refractivity contribution is -0.148. The molecule has 0 radical (unpaired) electrons. The summed E-state index contributed by atoms with van der Waals surface area (Å²) in [5.41, 5.74) is 1.51. The first-order valence-electron chi connectivity index (χ1n) is 7.52. The maximum absolute atomic E-state index is 10.9. The molecule has 0 unspecified atom stereocenters. The molecule has 0 aromatic heterocycles. The number of hydrogen-bond acceptors (Lipinski definition) is 5. The molecule has 2 rings (SSSR count). The van der Waals surface area contributed by atoms with Crippen LogP contribution in [-0.2, 0) is 20.7 Å². The van der Waals surface area contributed by atoms with Gasteiger partial charge in [0.2, 0.25) is 13.2 Å². The first kappa shape index (κ1) is 18.3. The third kappa shape index (κ3) is 5.82. The van der Waals surface area contributed by atoms with Gasteiger partial charge >= 0.3 is 5.97 Å². The molecule has 25 heavy (non-hydrogen) atoms. The molecular weight excluding hydrogens is 326 g/mol. The number of carboxylic acids is 1. The second-order valence-corrected chi connectivity index (χ2v) is 5.10. The second kappa shape index (κ2) is 9.29. The molecule has 2 aromatic rings. The van der Waals surface area contributed by atoms with Gasteiger partial charge in [0.1, 0.15) is 11.5 Å². The van der Waals surface area contributed by atoms with E-state index in [4.69, 9.17) is 19.3 Å².